The molecule has 1 amide bonds. The molecule has 0 aromatic carbocycles. The first-order chi connectivity index (χ1) is 33.0. The molecular formula is C61H115NO5. The van der Waals surface area contributed by atoms with E-state index in [0.717, 1.165) is 44.9 Å². The fourth-order valence-corrected chi connectivity index (χ4v) is 9.03. The molecule has 2 atom stereocenters. The molecule has 0 saturated carbocycles. The Balaban J connectivity index is 3.41. The van der Waals surface area contributed by atoms with Crippen LogP contribution in [0.25, 0.3) is 0 Å². The van der Waals surface area contributed by atoms with Crippen LogP contribution in [-0.4, -0.2) is 47.4 Å². The van der Waals surface area contributed by atoms with E-state index in [0.29, 0.717) is 19.4 Å². The summed E-state index contributed by atoms with van der Waals surface area (Å²) in [5.41, 5.74) is 0. The van der Waals surface area contributed by atoms with Crippen LogP contribution >= 0.6 is 0 Å². The van der Waals surface area contributed by atoms with Gasteiger partial charge in [0, 0.05) is 12.8 Å². The van der Waals surface area contributed by atoms with Crippen LogP contribution in [0.1, 0.15) is 316 Å². The number of rotatable bonds is 55. The fraction of sp³-hybridized carbons (Fsp3) is 0.869. The van der Waals surface area contributed by atoms with Gasteiger partial charge in [-0.15, -0.1) is 0 Å². The highest BCUT2D eigenvalue weighted by atomic mass is 16.5. The normalized spacial score (nSPS) is 12.8. The SMILES string of the molecule is CCCCCC/C=C\CCCCCCCC(=O)OCCCCCCCCCCCCCC/C=C\CCCCCCCCCCCC(=O)NC(CO)C(O)/C=C/CCCCCCCCCCCC. The lowest BCUT2D eigenvalue weighted by molar-refractivity contribution is -0.143. The molecule has 0 aliphatic heterocycles. The minimum atomic E-state index is -0.845. The Morgan fingerprint density at radius 1 is 0.403 bits per heavy atom. The van der Waals surface area contributed by atoms with Crippen molar-refractivity contribution in [1.29, 1.82) is 0 Å². The second-order valence-electron chi connectivity index (χ2n) is 20.3. The monoisotopic (exact) mass is 942 g/mol. The molecule has 2 unspecified atom stereocenters. The largest absolute Gasteiger partial charge is 0.466 e. The van der Waals surface area contributed by atoms with E-state index >= 15 is 0 Å². The molecule has 0 aliphatic rings. The van der Waals surface area contributed by atoms with Gasteiger partial charge in [-0.1, -0.05) is 256 Å². The maximum Gasteiger partial charge on any atom is 0.305 e. The van der Waals surface area contributed by atoms with Crippen LogP contribution in [0.15, 0.2) is 36.5 Å². The van der Waals surface area contributed by atoms with Gasteiger partial charge in [-0.2, -0.15) is 0 Å². The van der Waals surface area contributed by atoms with Crippen molar-refractivity contribution in [2.24, 2.45) is 0 Å². The number of nitrogens with one attached hydrogen (secondary N) is 1. The summed E-state index contributed by atoms with van der Waals surface area (Å²) in [4.78, 5) is 24.4. The standard InChI is InChI=1S/C61H115NO5/c1-3-5-7-9-11-13-15-30-35-39-43-47-51-55-61(66)67-56-52-48-44-40-36-32-29-27-25-23-21-19-17-18-20-22-24-26-28-31-34-38-42-46-50-54-60(65)62-58(57-63)59(64)53-49-45-41-37-33-16-14-12-10-8-6-4-2/h13,15,18,20,49,53,58-59,63-64H,3-12,14,16-17,19,21-48,50-52,54-57H2,1-2H3,(H,62,65)/b15-13-,20-18-,53-49+. The van der Waals surface area contributed by atoms with E-state index in [1.807, 2.05) is 6.08 Å². The lowest BCUT2D eigenvalue weighted by atomic mass is 10.0. The predicted octanol–water partition coefficient (Wildman–Crippen LogP) is 18.4. The Bertz CT molecular complexity index is 1090. The average Bonchev–Trinajstić information content (AvgIpc) is 3.33. The smallest absolute Gasteiger partial charge is 0.305 e. The van der Waals surface area contributed by atoms with Gasteiger partial charge in [0.15, 0.2) is 0 Å². The number of aliphatic hydroxyl groups excluding tert-OH is 2. The maximum atomic E-state index is 12.4. The van der Waals surface area contributed by atoms with Gasteiger partial charge in [0.2, 0.25) is 5.91 Å². The highest BCUT2D eigenvalue weighted by molar-refractivity contribution is 5.76. The molecular weight excluding hydrogens is 827 g/mol. The second kappa shape index (κ2) is 56.7. The number of aliphatic hydroxyl groups is 2. The van der Waals surface area contributed by atoms with E-state index in [4.69, 9.17) is 4.74 Å². The summed E-state index contributed by atoms with van der Waals surface area (Å²) < 4.78 is 5.47. The first kappa shape index (κ1) is 65.1. The molecule has 0 bridgehead atoms. The summed E-state index contributed by atoms with van der Waals surface area (Å²) in [5, 5.41) is 23.0. The fourth-order valence-electron chi connectivity index (χ4n) is 9.03. The maximum absolute atomic E-state index is 12.4. The Hall–Kier alpha value is -1.92. The van der Waals surface area contributed by atoms with Crippen LogP contribution in [0, 0.1) is 0 Å². The van der Waals surface area contributed by atoms with Crippen molar-refractivity contribution in [3.05, 3.63) is 36.5 Å². The van der Waals surface area contributed by atoms with Crippen LogP contribution in [-0.2, 0) is 14.3 Å². The number of amides is 1. The predicted molar refractivity (Wildman–Crippen MR) is 292 cm³/mol. The van der Waals surface area contributed by atoms with Crippen LogP contribution in [0.4, 0.5) is 0 Å². The number of esters is 1. The molecule has 0 saturated heterocycles. The van der Waals surface area contributed by atoms with Crippen molar-refractivity contribution >= 4 is 11.9 Å². The molecule has 6 nitrogen and oxygen atoms in total. The Morgan fingerprint density at radius 2 is 0.701 bits per heavy atom. The zero-order valence-electron chi connectivity index (χ0n) is 44.9. The van der Waals surface area contributed by atoms with Gasteiger partial charge in [0.05, 0.1) is 25.4 Å². The summed E-state index contributed by atoms with van der Waals surface area (Å²) in [5.74, 6) is -0.0682. The molecule has 67 heavy (non-hydrogen) atoms. The molecule has 394 valence electrons. The Labute approximate surface area is 417 Å². The summed E-state index contributed by atoms with van der Waals surface area (Å²) in [6.45, 7) is 4.88. The van der Waals surface area contributed by atoms with Gasteiger partial charge in [0.25, 0.3) is 0 Å². The first-order valence-corrected chi connectivity index (χ1v) is 29.8. The number of allylic oxidation sites excluding steroid dienone is 5. The van der Waals surface area contributed by atoms with E-state index < -0.39 is 12.1 Å². The zero-order chi connectivity index (χ0) is 48.6. The summed E-state index contributed by atoms with van der Waals surface area (Å²) in [6.07, 6.45) is 70.4. The van der Waals surface area contributed by atoms with Crippen molar-refractivity contribution in [1.82, 2.24) is 5.32 Å². The average molecular weight is 943 g/mol. The van der Waals surface area contributed by atoms with Gasteiger partial charge in [0.1, 0.15) is 0 Å². The van der Waals surface area contributed by atoms with E-state index in [9.17, 15) is 19.8 Å². The minimum absolute atomic E-state index is 0.00343. The Morgan fingerprint density at radius 3 is 1.07 bits per heavy atom. The molecule has 0 heterocycles. The summed E-state index contributed by atoms with van der Waals surface area (Å²) in [7, 11) is 0. The quantitative estimate of drug-likeness (QED) is 0.0321. The molecule has 0 radical (unpaired) electrons. The lowest BCUT2D eigenvalue weighted by Crippen LogP contribution is -2.45. The molecule has 0 fully saturated rings. The number of carbonyl (C=O) groups is 2. The topological polar surface area (TPSA) is 95.9 Å². The molecule has 0 spiro atoms. The van der Waals surface area contributed by atoms with Gasteiger partial charge in [-0.3, -0.25) is 9.59 Å². The van der Waals surface area contributed by atoms with E-state index in [-0.39, 0.29) is 18.5 Å². The van der Waals surface area contributed by atoms with Gasteiger partial charge < -0.3 is 20.3 Å². The molecule has 6 heteroatoms. The number of ether oxygens (including phenoxy) is 1. The van der Waals surface area contributed by atoms with Gasteiger partial charge in [-0.25, -0.2) is 0 Å². The number of carbonyl (C=O) groups excluding carboxylic acids is 2. The number of hydrogen-bond acceptors (Lipinski definition) is 5. The Kier molecular flexibility index (Phi) is 55.0. The summed E-state index contributed by atoms with van der Waals surface area (Å²) >= 11 is 0. The van der Waals surface area contributed by atoms with Crippen molar-refractivity contribution < 1.29 is 24.5 Å². The van der Waals surface area contributed by atoms with Gasteiger partial charge >= 0.3 is 5.97 Å². The summed E-state index contributed by atoms with van der Waals surface area (Å²) in [6, 6.07) is -0.629. The molecule has 0 aromatic heterocycles. The third kappa shape index (κ3) is 53.3. The van der Waals surface area contributed by atoms with Crippen molar-refractivity contribution in [3.8, 4) is 0 Å². The van der Waals surface area contributed by atoms with Crippen molar-refractivity contribution in [2.45, 2.75) is 328 Å². The zero-order valence-corrected chi connectivity index (χ0v) is 44.9. The van der Waals surface area contributed by atoms with Crippen LogP contribution in [0.5, 0.6) is 0 Å². The minimum Gasteiger partial charge on any atom is -0.466 e. The van der Waals surface area contributed by atoms with Crippen LogP contribution < -0.4 is 5.32 Å². The van der Waals surface area contributed by atoms with Crippen LogP contribution in [0.2, 0.25) is 0 Å². The van der Waals surface area contributed by atoms with Crippen molar-refractivity contribution in [3.63, 3.8) is 0 Å². The number of unbranched alkanes of at least 4 members (excludes halogenated alkanes) is 40. The molecule has 0 aliphatic carbocycles. The molecule has 0 rings (SSSR count). The highest BCUT2D eigenvalue weighted by Gasteiger charge is 2.18. The third-order valence-corrected chi connectivity index (χ3v) is 13.6. The second-order valence-corrected chi connectivity index (χ2v) is 20.3. The van der Waals surface area contributed by atoms with E-state index in [1.54, 1.807) is 6.08 Å². The van der Waals surface area contributed by atoms with E-state index in [2.05, 4.69) is 43.5 Å². The van der Waals surface area contributed by atoms with Crippen LogP contribution in [0.3, 0.4) is 0 Å². The van der Waals surface area contributed by atoms with Gasteiger partial charge in [-0.05, 0) is 83.5 Å². The highest BCUT2D eigenvalue weighted by Crippen LogP contribution is 2.16. The first-order valence-electron chi connectivity index (χ1n) is 29.8. The lowest BCUT2D eigenvalue weighted by Gasteiger charge is -2.20. The molecule has 3 N–H and O–H groups in total. The molecule has 0 aromatic rings. The number of hydrogen-bond donors (Lipinski definition) is 3. The van der Waals surface area contributed by atoms with Crippen molar-refractivity contribution in [2.75, 3.05) is 13.2 Å². The third-order valence-electron chi connectivity index (χ3n) is 13.6. The van der Waals surface area contributed by atoms with E-state index in [1.165, 1.54) is 244 Å².